The summed E-state index contributed by atoms with van der Waals surface area (Å²) in [6, 6.07) is 16.1. The van der Waals surface area contributed by atoms with E-state index in [2.05, 4.69) is 24.0 Å². The summed E-state index contributed by atoms with van der Waals surface area (Å²) in [5, 5.41) is 3.39. The lowest BCUT2D eigenvalue weighted by atomic mass is 10.1. The van der Waals surface area contributed by atoms with Gasteiger partial charge in [-0.25, -0.2) is 0 Å². The van der Waals surface area contributed by atoms with Crippen molar-refractivity contribution in [2.24, 2.45) is 0 Å². The summed E-state index contributed by atoms with van der Waals surface area (Å²) < 4.78 is 10.5. The Bertz CT molecular complexity index is 593. The SMILES string of the molecule is C=C(CNCc1ccc(OC)c(OC)c1)c1ccccc1. The molecule has 0 unspecified atom stereocenters. The van der Waals surface area contributed by atoms with Crippen molar-refractivity contribution in [1.29, 1.82) is 0 Å². The minimum absolute atomic E-state index is 0.745. The largest absolute Gasteiger partial charge is 0.493 e. The van der Waals surface area contributed by atoms with Crippen molar-refractivity contribution < 1.29 is 9.47 Å². The van der Waals surface area contributed by atoms with Crippen LogP contribution in [0.15, 0.2) is 55.1 Å². The Morgan fingerprint density at radius 1 is 1.00 bits per heavy atom. The highest BCUT2D eigenvalue weighted by Crippen LogP contribution is 2.27. The lowest BCUT2D eigenvalue weighted by molar-refractivity contribution is 0.354. The molecule has 0 aromatic heterocycles. The summed E-state index contributed by atoms with van der Waals surface area (Å²) in [5.41, 5.74) is 3.39. The number of rotatable bonds is 7. The number of hydrogen-bond acceptors (Lipinski definition) is 3. The van der Waals surface area contributed by atoms with Crippen LogP contribution in [0.5, 0.6) is 11.5 Å². The molecule has 3 heteroatoms. The summed E-state index contributed by atoms with van der Waals surface area (Å²) in [7, 11) is 3.28. The third-order valence-corrected chi connectivity index (χ3v) is 3.30. The average Bonchev–Trinajstić information content (AvgIpc) is 2.55. The lowest BCUT2D eigenvalue weighted by Crippen LogP contribution is -2.15. The first-order valence-electron chi connectivity index (χ1n) is 6.89. The summed E-state index contributed by atoms with van der Waals surface area (Å²) >= 11 is 0. The minimum atomic E-state index is 0.745. The van der Waals surface area contributed by atoms with Gasteiger partial charge in [0.1, 0.15) is 0 Å². The first kappa shape index (κ1) is 15.1. The van der Waals surface area contributed by atoms with Gasteiger partial charge in [0.15, 0.2) is 11.5 Å². The molecule has 1 N–H and O–H groups in total. The van der Waals surface area contributed by atoms with Crippen LogP contribution in [0, 0.1) is 0 Å². The second-order valence-electron chi connectivity index (χ2n) is 4.76. The van der Waals surface area contributed by atoms with E-state index in [1.54, 1.807) is 14.2 Å². The molecule has 0 aliphatic rings. The Kier molecular flexibility index (Phi) is 5.41. The normalized spacial score (nSPS) is 10.2. The molecule has 110 valence electrons. The summed E-state index contributed by atoms with van der Waals surface area (Å²) in [4.78, 5) is 0. The van der Waals surface area contributed by atoms with Crippen molar-refractivity contribution in [2.75, 3.05) is 20.8 Å². The zero-order chi connectivity index (χ0) is 15.1. The first-order valence-corrected chi connectivity index (χ1v) is 6.89. The number of ether oxygens (including phenoxy) is 2. The monoisotopic (exact) mass is 283 g/mol. The highest BCUT2D eigenvalue weighted by Gasteiger charge is 2.04. The van der Waals surface area contributed by atoms with Crippen LogP contribution in [0.3, 0.4) is 0 Å². The van der Waals surface area contributed by atoms with Gasteiger partial charge in [-0.15, -0.1) is 0 Å². The standard InChI is InChI=1S/C18H21NO2/c1-14(16-7-5-4-6-8-16)12-19-13-15-9-10-17(20-2)18(11-15)21-3/h4-11,19H,1,12-13H2,2-3H3. The molecule has 0 saturated heterocycles. The molecule has 0 fully saturated rings. The maximum absolute atomic E-state index is 5.30. The number of methoxy groups -OCH3 is 2. The van der Waals surface area contributed by atoms with Crippen LogP contribution in [-0.2, 0) is 6.54 Å². The van der Waals surface area contributed by atoms with Gasteiger partial charge in [-0.05, 0) is 28.8 Å². The van der Waals surface area contributed by atoms with Gasteiger partial charge < -0.3 is 14.8 Å². The molecule has 0 atom stereocenters. The Hall–Kier alpha value is -2.26. The van der Waals surface area contributed by atoms with Crippen LogP contribution in [-0.4, -0.2) is 20.8 Å². The van der Waals surface area contributed by atoms with Gasteiger partial charge in [0.05, 0.1) is 14.2 Å². The third-order valence-electron chi connectivity index (χ3n) is 3.30. The second kappa shape index (κ2) is 7.50. The van der Waals surface area contributed by atoms with Crippen molar-refractivity contribution in [1.82, 2.24) is 5.32 Å². The topological polar surface area (TPSA) is 30.5 Å². The summed E-state index contributed by atoms with van der Waals surface area (Å²) in [5.74, 6) is 1.49. The van der Waals surface area contributed by atoms with Gasteiger partial charge in [-0.1, -0.05) is 43.0 Å². The molecule has 21 heavy (non-hydrogen) atoms. The van der Waals surface area contributed by atoms with Crippen LogP contribution in [0.4, 0.5) is 0 Å². The van der Waals surface area contributed by atoms with Crippen LogP contribution >= 0.6 is 0 Å². The fraction of sp³-hybridized carbons (Fsp3) is 0.222. The molecule has 0 radical (unpaired) electrons. The molecule has 0 aliphatic carbocycles. The van der Waals surface area contributed by atoms with Crippen LogP contribution in [0.25, 0.3) is 5.57 Å². The highest BCUT2D eigenvalue weighted by atomic mass is 16.5. The zero-order valence-electron chi connectivity index (χ0n) is 12.6. The third kappa shape index (κ3) is 4.10. The van der Waals surface area contributed by atoms with E-state index in [1.807, 2.05) is 36.4 Å². The fourth-order valence-electron chi connectivity index (χ4n) is 2.12. The first-order chi connectivity index (χ1) is 10.2. The van der Waals surface area contributed by atoms with E-state index >= 15 is 0 Å². The van der Waals surface area contributed by atoms with E-state index in [0.29, 0.717) is 0 Å². The molecule has 0 spiro atoms. The van der Waals surface area contributed by atoms with Gasteiger partial charge in [-0.3, -0.25) is 0 Å². The van der Waals surface area contributed by atoms with Crippen LogP contribution in [0.2, 0.25) is 0 Å². The van der Waals surface area contributed by atoms with E-state index in [1.165, 1.54) is 0 Å². The van der Waals surface area contributed by atoms with E-state index in [-0.39, 0.29) is 0 Å². The van der Waals surface area contributed by atoms with E-state index < -0.39 is 0 Å². The second-order valence-corrected chi connectivity index (χ2v) is 4.76. The van der Waals surface area contributed by atoms with Crippen molar-refractivity contribution in [2.45, 2.75) is 6.54 Å². The molecular weight excluding hydrogens is 262 g/mol. The average molecular weight is 283 g/mol. The van der Waals surface area contributed by atoms with Crippen LogP contribution in [0.1, 0.15) is 11.1 Å². The smallest absolute Gasteiger partial charge is 0.161 e. The molecule has 0 heterocycles. The van der Waals surface area contributed by atoms with Crippen molar-refractivity contribution in [3.63, 3.8) is 0 Å². The molecule has 0 amide bonds. The molecule has 2 rings (SSSR count). The summed E-state index contributed by atoms with van der Waals surface area (Å²) in [6.45, 7) is 5.61. The quantitative estimate of drug-likeness (QED) is 0.843. The summed E-state index contributed by atoms with van der Waals surface area (Å²) in [6.07, 6.45) is 0. The Labute approximate surface area is 126 Å². The predicted octanol–water partition coefficient (Wildman–Crippen LogP) is 3.51. The van der Waals surface area contributed by atoms with Crippen molar-refractivity contribution in [3.8, 4) is 11.5 Å². The van der Waals surface area contributed by atoms with E-state index in [0.717, 1.165) is 41.3 Å². The molecule has 0 bridgehead atoms. The van der Waals surface area contributed by atoms with Crippen molar-refractivity contribution in [3.05, 3.63) is 66.2 Å². The van der Waals surface area contributed by atoms with Gasteiger partial charge >= 0.3 is 0 Å². The molecule has 2 aromatic rings. The molecule has 2 aromatic carbocycles. The molecule has 3 nitrogen and oxygen atoms in total. The Morgan fingerprint density at radius 2 is 1.71 bits per heavy atom. The number of benzene rings is 2. The Morgan fingerprint density at radius 3 is 2.38 bits per heavy atom. The van der Waals surface area contributed by atoms with Crippen LogP contribution < -0.4 is 14.8 Å². The predicted molar refractivity (Wildman–Crippen MR) is 86.7 cm³/mol. The van der Waals surface area contributed by atoms with Gasteiger partial charge in [0, 0.05) is 13.1 Å². The molecular formula is C18H21NO2. The minimum Gasteiger partial charge on any atom is -0.493 e. The Balaban J connectivity index is 1.90. The molecule has 0 saturated carbocycles. The fourth-order valence-corrected chi connectivity index (χ4v) is 2.12. The lowest BCUT2D eigenvalue weighted by Gasteiger charge is -2.11. The van der Waals surface area contributed by atoms with E-state index in [4.69, 9.17) is 9.47 Å². The van der Waals surface area contributed by atoms with Crippen molar-refractivity contribution >= 4 is 5.57 Å². The van der Waals surface area contributed by atoms with E-state index in [9.17, 15) is 0 Å². The number of nitrogens with one attached hydrogen (secondary N) is 1. The highest BCUT2D eigenvalue weighted by molar-refractivity contribution is 5.64. The molecule has 0 aliphatic heterocycles. The van der Waals surface area contributed by atoms with Gasteiger partial charge in [0.25, 0.3) is 0 Å². The zero-order valence-corrected chi connectivity index (χ0v) is 12.6. The maximum atomic E-state index is 5.30. The maximum Gasteiger partial charge on any atom is 0.161 e. The van der Waals surface area contributed by atoms with Gasteiger partial charge in [0.2, 0.25) is 0 Å². The van der Waals surface area contributed by atoms with Gasteiger partial charge in [-0.2, -0.15) is 0 Å². The number of hydrogen-bond donors (Lipinski definition) is 1.